The lowest BCUT2D eigenvalue weighted by Crippen LogP contribution is -2.44. The van der Waals surface area contributed by atoms with E-state index >= 15 is 0 Å². The van der Waals surface area contributed by atoms with Crippen LogP contribution in [-0.4, -0.2) is 56.6 Å². The minimum absolute atomic E-state index is 0.0386. The Morgan fingerprint density at radius 1 is 1.26 bits per heavy atom. The highest BCUT2D eigenvalue weighted by Crippen LogP contribution is 2.25. The van der Waals surface area contributed by atoms with Crippen molar-refractivity contribution in [3.05, 3.63) is 45.6 Å². The van der Waals surface area contributed by atoms with Crippen molar-refractivity contribution in [3.8, 4) is 0 Å². The van der Waals surface area contributed by atoms with Gasteiger partial charge < -0.3 is 16.0 Å². The first kappa shape index (κ1) is 23.2. The van der Waals surface area contributed by atoms with E-state index < -0.39 is 15.9 Å². The minimum atomic E-state index is -3.74. The first-order valence-corrected chi connectivity index (χ1v) is 12.3. The van der Waals surface area contributed by atoms with E-state index in [4.69, 9.17) is 5.73 Å². The Hall–Kier alpha value is -2.43. The summed E-state index contributed by atoms with van der Waals surface area (Å²) in [4.78, 5) is 28.7. The number of hydrogen-bond acceptors (Lipinski definition) is 6. The molecule has 3 rings (SSSR count). The summed E-state index contributed by atoms with van der Waals surface area (Å²) >= 11 is 1.65. The van der Waals surface area contributed by atoms with E-state index in [0.717, 1.165) is 9.18 Å². The molecule has 0 radical (unpaired) electrons. The lowest BCUT2D eigenvalue weighted by Gasteiger charge is -2.31. The number of thiophene rings is 1. The zero-order valence-corrected chi connectivity index (χ0v) is 19.6. The Labute approximate surface area is 187 Å². The van der Waals surface area contributed by atoms with Crippen LogP contribution in [0.3, 0.4) is 0 Å². The molecular weight excluding hydrogens is 436 g/mol. The molecule has 2 amide bonds. The van der Waals surface area contributed by atoms with E-state index in [1.807, 2.05) is 19.1 Å². The summed E-state index contributed by atoms with van der Waals surface area (Å²) in [5, 5.41) is 3.23. The van der Waals surface area contributed by atoms with Crippen molar-refractivity contribution in [1.29, 1.82) is 0 Å². The molecule has 1 atom stereocenters. The lowest BCUT2D eigenvalue weighted by atomic mass is 9.97. The molecule has 1 fully saturated rings. The number of hydrogen-bond donors (Lipinski definition) is 2. The van der Waals surface area contributed by atoms with Crippen molar-refractivity contribution >= 4 is 38.9 Å². The van der Waals surface area contributed by atoms with Crippen LogP contribution in [-0.2, 0) is 21.4 Å². The molecule has 31 heavy (non-hydrogen) atoms. The van der Waals surface area contributed by atoms with Crippen molar-refractivity contribution in [2.24, 2.45) is 11.7 Å². The molecule has 1 saturated heterocycles. The maximum atomic E-state index is 13.2. The number of piperidine rings is 1. The van der Waals surface area contributed by atoms with E-state index in [1.165, 1.54) is 31.1 Å². The van der Waals surface area contributed by atoms with Crippen LogP contribution in [0.1, 0.15) is 33.0 Å². The third-order valence-electron chi connectivity index (χ3n) is 5.31. The average Bonchev–Trinajstić information content (AvgIpc) is 3.16. The van der Waals surface area contributed by atoms with E-state index in [9.17, 15) is 18.0 Å². The number of carbonyl (C=O) groups excluding carboxylic acids is 2. The van der Waals surface area contributed by atoms with Crippen LogP contribution in [0.15, 0.2) is 35.2 Å². The second-order valence-electron chi connectivity index (χ2n) is 7.89. The van der Waals surface area contributed by atoms with Crippen LogP contribution in [0.4, 0.5) is 5.69 Å². The summed E-state index contributed by atoms with van der Waals surface area (Å²) in [5.41, 5.74) is 6.24. The number of rotatable bonds is 7. The summed E-state index contributed by atoms with van der Waals surface area (Å²) < 4.78 is 26.7. The van der Waals surface area contributed by atoms with Gasteiger partial charge in [-0.2, -0.15) is 0 Å². The van der Waals surface area contributed by atoms with Crippen LogP contribution in [0.5, 0.6) is 0 Å². The molecule has 0 saturated carbocycles. The Kier molecular flexibility index (Phi) is 7.03. The van der Waals surface area contributed by atoms with E-state index in [-0.39, 0.29) is 28.8 Å². The van der Waals surface area contributed by atoms with Crippen molar-refractivity contribution in [1.82, 2.24) is 9.21 Å². The fourth-order valence-electron chi connectivity index (χ4n) is 3.53. The number of amides is 2. The van der Waals surface area contributed by atoms with Crippen LogP contribution in [0, 0.1) is 12.8 Å². The topological polar surface area (TPSA) is 113 Å². The SMILES string of the molecule is Cc1ccc(CNc2cc(C(=O)N3CCCC(C(N)=O)C3)cc(S(=O)(=O)N(C)C)c2)s1. The molecule has 10 heteroatoms. The van der Waals surface area contributed by atoms with Gasteiger partial charge >= 0.3 is 0 Å². The number of sulfonamides is 1. The maximum absolute atomic E-state index is 13.2. The minimum Gasteiger partial charge on any atom is -0.380 e. The van der Waals surface area contributed by atoms with Crippen LogP contribution in [0.2, 0.25) is 0 Å². The monoisotopic (exact) mass is 464 g/mol. The van der Waals surface area contributed by atoms with Gasteiger partial charge in [0.05, 0.1) is 10.8 Å². The van der Waals surface area contributed by atoms with Crippen LogP contribution in [0.25, 0.3) is 0 Å². The Morgan fingerprint density at radius 2 is 2.00 bits per heavy atom. The average molecular weight is 465 g/mol. The molecule has 0 bridgehead atoms. The Bertz CT molecular complexity index is 1080. The quantitative estimate of drug-likeness (QED) is 0.653. The predicted molar refractivity (Wildman–Crippen MR) is 122 cm³/mol. The molecule has 1 aliphatic heterocycles. The number of anilines is 1. The van der Waals surface area contributed by atoms with Crippen LogP contribution >= 0.6 is 11.3 Å². The number of benzene rings is 1. The number of nitrogens with two attached hydrogens (primary N) is 1. The number of primary amides is 1. The van der Waals surface area contributed by atoms with Gasteiger partial charge in [0.1, 0.15) is 0 Å². The summed E-state index contributed by atoms with van der Waals surface area (Å²) in [6.45, 7) is 3.29. The Balaban J connectivity index is 1.92. The Morgan fingerprint density at radius 3 is 2.61 bits per heavy atom. The van der Waals surface area contributed by atoms with Gasteiger partial charge in [0, 0.05) is 54.7 Å². The van der Waals surface area contributed by atoms with Gasteiger partial charge in [0.25, 0.3) is 5.91 Å². The third kappa shape index (κ3) is 5.44. The van der Waals surface area contributed by atoms with E-state index in [0.29, 0.717) is 31.6 Å². The first-order chi connectivity index (χ1) is 14.6. The van der Waals surface area contributed by atoms with Gasteiger partial charge in [0.2, 0.25) is 15.9 Å². The van der Waals surface area contributed by atoms with Gasteiger partial charge in [-0.3, -0.25) is 9.59 Å². The van der Waals surface area contributed by atoms with Crippen molar-refractivity contribution in [3.63, 3.8) is 0 Å². The van der Waals surface area contributed by atoms with Gasteiger partial charge in [-0.25, -0.2) is 12.7 Å². The fraction of sp³-hybridized carbons (Fsp3) is 0.429. The van der Waals surface area contributed by atoms with Crippen molar-refractivity contribution < 1.29 is 18.0 Å². The molecule has 1 aromatic carbocycles. The second kappa shape index (κ2) is 9.37. The number of carbonyl (C=O) groups is 2. The third-order valence-corrected chi connectivity index (χ3v) is 8.10. The van der Waals surface area contributed by atoms with E-state index in [2.05, 4.69) is 5.32 Å². The molecule has 1 unspecified atom stereocenters. The van der Waals surface area contributed by atoms with Gasteiger partial charge in [0.15, 0.2) is 0 Å². The highest BCUT2D eigenvalue weighted by Gasteiger charge is 2.29. The molecule has 2 aromatic rings. The molecule has 1 aliphatic rings. The summed E-state index contributed by atoms with van der Waals surface area (Å²) in [6.07, 6.45) is 1.33. The number of aryl methyl sites for hydroxylation is 1. The van der Waals surface area contributed by atoms with Gasteiger partial charge in [-0.15, -0.1) is 11.3 Å². The molecule has 2 heterocycles. The molecule has 0 spiro atoms. The number of nitrogens with one attached hydrogen (secondary N) is 1. The highest BCUT2D eigenvalue weighted by atomic mass is 32.2. The first-order valence-electron chi connectivity index (χ1n) is 10.0. The predicted octanol–water partition coefficient (Wildman–Crippen LogP) is 2.26. The second-order valence-corrected chi connectivity index (χ2v) is 11.4. The smallest absolute Gasteiger partial charge is 0.253 e. The largest absolute Gasteiger partial charge is 0.380 e. The molecular formula is C21H28N4O4S2. The zero-order chi connectivity index (χ0) is 22.8. The molecule has 1 aromatic heterocycles. The molecule has 168 valence electrons. The van der Waals surface area contributed by atoms with Crippen molar-refractivity contribution in [2.75, 3.05) is 32.5 Å². The maximum Gasteiger partial charge on any atom is 0.253 e. The number of likely N-dealkylation sites (tertiary alicyclic amines) is 1. The van der Waals surface area contributed by atoms with Gasteiger partial charge in [-0.05, 0) is 50.1 Å². The fourth-order valence-corrected chi connectivity index (χ4v) is 5.33. The van der Waals surface area contributed by atoms with Gasteiger partial charge in [-0.1, -0.05) is 0 Å². The molecule has 0 aliphatic carbocycles. The van der Waals surface area contributed by atoms with Crippen molar-refractivity contribution in [2.45, 2.75) is 31.2 Å². The normalized spacial score (nSPS) is 17.0. The van der Waals surface area contributed by atoms with Crippen LogP contribution < -0.4 is 11.1 Å². The lowest BCUT2D eigenvalue weighted by molar-refractivity contribution is -0.123. The summed E-state index contributed by atoms with van der Waals surface area (Å²) in [6, 6.07) is 8.62. The summed E-state index contributed by atoms with van der Waals surface area (Å²) in [5.74, 6) is -1.11. The summed E-state index contributed by atoms with van der Waals surface area (Å²) in [7, 11) is -0.834. The highest BCUT2D eigenvalue weighted by molar-refractivity contribution is 7.89. The van der Waals surface area contributed by atoms with E-state index in [1.54, 1.807) is 22.3 Å². The zero-order valence-electron chi connectivity index (χ0n) is 17.9. The standard InChI is InChI=1S/C21H28N4O4S2/c1-14-6-7-18(30-14)12-23-17-9-16(10-19(11-17)31(28,29)24(2)3)21(27)25-8-4-5-15(13-25)20(22)26/h6-7,9-11,15,23H,4-5,8,12-13H2,1-3H3,(H2,22,26). The number of nitrogens with zero attached hydrogens (tertiary/aromatic N) is 2. The molecule has 8 nitrogen and oxygen atoms in total. The molecule has 3 N–H and O–H groups in total.